The number of fused-ring (bicyclic) bond motifs is 3. The highest BCUT2D eigenvalue weighted by molar-refractivity contribution is 6.06. The molecule has 380 valence electrons. The topological polar surface area (TPSA) is 172 Å². The SMILES string of the molecule is CCc1cccc2cc(OCOC)cc(-c3ncc4c(N5CCC[C@@](C)(O)C5)nc(OCC5(CN6CCC(OC7CCN(c8ccc9c(c8)CN(C8CCC(=O)NC8=O)C9=O)CC7)CC6)CC5)nc4c3F)c12. The number of ether oxygens (including phenoxy) is 4. The molecule has 11 rings (SSSR count). The van der Waals surface area contributed by atoms with Crippen molar-refractivity contribution >= 4 is 50.9 Å². The molecule has 6 aliphatic rings. The third-order valence-corrected chi connectivity index (χ3v) is 15.9. The van der Waals surface area contributed by atoms with Gasteiger partial charge in [0.15, 0.2) is 12.6 Å². The Morgan fingerprint density at radius 1 is 0.889 bits per heavy atom. The molecular weight excluding hydrogens is 920 g/mol. The third-order valence-electron chi connectivity index (χ3n) is 15.9. The number of halogens is 1. The van der Waals surface area contributed by atoms with Crippen molar-refractivity contribution in [1.82, 2.24) is 30.1 Å². The van der Waals surface area contributed by atoms with E-state index in [0.29, 0.717) is 67.2 Å². The van der Waals surface area contributed by atoms with E-state index >= 15 is 4.39 Å². The van der Waals surface area contributed by atoms with Crippen LogP contribution in [0.2, 0.25) is 0 Å². The maximum absolute atomic E-state index is 17.4. The molecule has 5 aromatic rings. The van der Waals surface area contributed by atoms with Crippen LogP contribution in [-0.4, -0.2) is 138 Å². The van der Waals surface area contributed by atoms with Crippen LogP contribution < -0.4 is 24.6 Å². The zero-order valence-electron chi connectivity index (χ0n) is 41.6. The Hall–Kier alpha value is -6.01. The van der Waals surface area contributed by atoms with Crippen molar-refractivity contribution in [2.45, 2.75) is 115 Å². The van der Waals surface area contributed by atoms with Crippen LogP contribution in [0.3, 0.4) is 0 Å². The molecule has 1 aliphatic carbocycles. The normalized spacial score (nSPS) is 23.0. The third kappa shape index (κ3) is 9.80. The number of aryl methyl sites for hydroxylation is 1. The Balaban J connectivity index is 0.728. The number of methoxy groups -OCH3 is 1. The zero-order chi connectivity index (χ0) is 49.7. The van der Waals surface area contributed by atoms with Gasteiger partial charge in [0.2, 0.25) is 11.8 Å². The van der Waals surface area contributed by atoms with Crippen molar-refractivity contribution < 1.29 is 42.8 Å². The summed E-state index contributed by atoms with van der Waals surface area (Å²) in [5.74, 6) is -0.370. The summed E-state index contributed by atoms with van der Waals surface area (Å²) in [4.78, 5) is 60.5. The average Bonchev–Trinajstić information content (AvgIpc) is 4.07. The molecule has 2 aromatic heterocycles. The van der Waals surface area contributed by atoms with Crippen LogP contribution in [0, 0.1) is 11.2 Å². The average molecular weight is 985 g/mol. The van der Waals surface area contributed by atoms with Crippen molar-refractivity contribution in [1.29, 1.82) is 0 Å². The van der Waals surface area contributed by atoms with E-state index in [1.807, 2.05) is 48.2 Å². The van der Waals surface area contributed by atoms with Crippen molar-refractivity contribution in [2.75, 3.05) is 76.1 Å². The van der Waals surface area contributed by atoms with Gasteiger partial charge < -0.3 is 43.7 Å². The molecule has 72 heavy (non-hydrogen) atoms. The molecule has 7 heterocycles. The van der Waals surface area contributed by atoms with Crippen molar-refractivity contribution in [3.63, 3.8) is 0 Å². The van der Waals surface area contributed by atoms with Gasteiger partial charge in [0.05, 0.1) is 29.8 Å². The molecule has 0 spiro atoms. The Bertz CT molecular complexity index is 2900. The minimum Gasteiger partial charge on any atom is -0.468 e. The van der Waals surface area contributed by atoms with Crippen LogP contribution in [-0.2, 0) is 32.0 Å². The maximum Gasteiger partial charge on any atom is 0.319 e. The molecule has 0 bridgehead atoms. The standard InChI is InChI=1S/C55H65FN8O8/c1-4-34-7-5-8-35-26-40(71-33-69-3)27-42(46(34)35)48-47(56)49-43(28-57-48)50(63-20-6-17-54(2,68)30-63)60-53(59-49)70-32-55(18-19-55)31-61-21-13-38(14-22-61)72-39-15-23-62(24-16-39)37-9-10-41-36(25-37)29-64(52(41)67)44-11-12-45(65)58-51(44)66/h5,7-10,25-28,38-39,44,68H,4,6,11-24,29-33H2,1-3H3,(H,58,65,66)/t44?,54-/m1/s1. The Labute approximate surface area is 419 Å². The second-order valence-corrected chi connectivity index (χ2v) is 21.3. The van der Waals surface area contributed by atoms with E-state index in [1.165, 1.54) is 0 Å². The summed E-state index contributed by atoms with van der Waals surface area (Å²) in [5.41, 5.74) is 3.57. The lowest BCUT2D eigenvalue weighted by Crippen LogP contribution is -2.52. The van der Waals surface area contributed by atoms with Gasteiger partial charge in [-0.25, -0.2) is 4.39 Å². The number of β-amino-alcohol motifs (C(OH)–C–C–N with tert-alkyl or cyclic N) is 1. The Kier molecular flexibility index (Phi) is 13.3. The number of amides is 3. The highest BCUT2D eigenvalue weighted by atomic mass is 19.1. The molecule has 1 unspecified atom stereocenters. The van der Waals surface area contributed by atoms with Gasteiger partial charge in [-0.1, -0.05) is 25.1 Å². The van der Waals surface area contributed by atoms with Gasteiger partial charge in [0, 0.05) is 94.3 Å². The number of pyridine rings is 1. The van der Waals surface area contributed by atoms with Gasteiger partial charge >= 0.3 is 6.01 Å². The zero-order valence-corrected chi connectivity index (χ0v) is 41.6. The number of aromatic nitrogens is 3. The second-order valence-electron chi connectivity index (χ2n) is 21.3. The van der Waals surface area contributed by atoms with Crippen LogP contribution in [0.1, 0.15) is 99.5 Å². The summed E-state index contributed by atoms with van der Waals surface area (Å²) >= 11 is 0. The maximum atomic E-state index is 17.4. The molecule has 17 heteroatoms. The van der Waals surface area contributed by atoms with Gasteiger partial charge in [-0.15, -0.1) is 0 Å². The molecule has 5 fully saturated rings. The first-order valence-corrected chi connectivity index (χ1v) is 25.9. The number of carbonyl (C=O) groups excluding carboxylic acids is 3. The highest BCUT2D eigenvalue weighted by Gasteiger charge is 2.46. The predicted molar refractivity (Wildman–Crippen MR) is 270 cm³/mol. The number of likely N-dealkylation sites (tertiary alicyclic amines) is 1. The van der Waals surface area contributed by atoms with Crippen LogP contribution in [0.25, 0.3) is 32.9 Å². The van der Waals surface area contributed by atoms with Crippen molar-refractivity contribution in [2.24, 2.45) is 5.41 Å². The number of rotatable bonds is 15. The lowest BCUT2D eigenvalue weighted by molar-refractivity contribution is -0.136. The quantitative estimate of drug-likeness (QED) is 0.0816. The van der Waals surface area contributed by atoms with Gasteiger partial charge in [-0.2, -0.15) is 9.97 Å². The van der Waals surface area contributed by atoms with Gasteiger partial charge in [-0.3, -0.25) is 24.7 Å². The molecule has 4 saturated heterocycles. The molecule has 0 radical (unpaired) electrons. The lowest BCUT2D eigenvalue weighted by atomic mass is 9.94. The molecule has 3 aromatic carbocycles. The molecule has 2 atom stereocenters. The summed E-state index contributed by atoms with van der Waals surface area (Å²) in [6, 6.07) is 15.3. The predicted octanol–water partition coefficient (Wildman–Crippen LogP) is 6.95. The number of hydrogen-bond donors (Lipinski definition) is 2. The molecule has 5 aliphatic heterocycles. The smallest absolute Gasteiger partial charge is 0.319 e. The van der Waals surface area contributed by atoms with E-state index in [1.54, 1.807) is 18.2 Å². The first kappa shape index (κ1) is 48.3. The van der Waals surface area contributed by atoms with E-state index in [0.717, 1.165) is 112 Å². The minimum absolute atomic E-state index is 0.0436. The summed E-state index contributed by atoms with van der Waals surface area (Å²) in [7, 11) is 1.56. The van der Waals surface area contributed by atoms with E-state index in [9.17, 15) is 19.5 Å². The molecule has 3 amide bonds. The molecule has 1 saturated carbocycles. The molecular formula is C55H65FN8O8. The van der Waals surface area contributed by atoms with E-state index in [4.69, 9.17) is 33.9 Å². The number of nitrogens with zero attached hydrogens (tertiary/aromatic N) is 7. The summed E-state index contributed by atoms with van der Waals surface area (Å²) < 4.78 is 41.7. The lowest BCUT2D eigenvalue weighted by Gasteiger charge is -2.38. The summed E-state index contributed by atoms with van der Waals surface area (Å²) in [6.07, 6.45) is 10.6. The summed E-state index contributed by atoms with van der Waals surface area (Å²) in [6.45, 7) is 10.2. The number of benzene rings is 3. The minimum atomic E-state index is -0.934. The molecule has 2 N–H and O–H groups in total. The fourth-order valence-electron chi connectivity index (χ4n) is 11.8. The van der Waals surface area contributed by atoms with Crippen molar-refractivity contribution in [3.8, 4) is 23.0 Å². The second kappa shape index (κ2) is 19.8. The van der Waals surface area contributed by atoms with Crippen LogP contribution in [0.5, 0.6) is 11.8 Å². The Morgan fingerprint density at radius 2 is 1.68 bits per heavy atom. The van der Waals surface area contributed by atoms with Gasteiger partial charge in [0.25, 0.3) is 5.91 Å². The van der Waals surface area contributed by atoms with Crippen LogP contribution >= 0.6 is 0 Å². The first-order chi connectivity index (χ1) is 34.9. The number of aliphatic hydroxyl groups is 1. The van der Waals surface area contributed by atoms with Gasteiger partial charge in [0.1, 0.15) is 28.8 Å². The Morgan fingerprint density at radius 3 is 2.42 bits per heavy atom. The summed E-state index contributed by atoms with van der Waals surface area (Å²) in [5, 5.41) is 15.8. The van der Waals surface area contributed by atoms with E-state index in [-0.39, 0.29) is 59.9 Å². The number of piperidine rings is 4. The fraction of sp³-hybridized carbons (Fsp3) is 0.527. The number of nitrogens with one attached hydrogen (secondary N) is 1. The van der Waals surface area contributed by atoms with Crippen molar-refractivity contribution in [3.05, 3.63) is 77.2 Å². The van der Waals surface area contributed by atoms with Crippen LogP contribution in [0.15, 0.2) is 54.7 Å². The number of hydrogen-bond acceptors (Lipinski definition) is 14. The highest BCUT2D eigenvalue weighted by Crippen LogP contribution is 2.47. The van der Waals surface area contributed by atoms with Gasteiger partial charge in [-0.05, 0) is 123 Å². The largest absolute Gasteiger partial charge is 0.468 e. The van der Waals surface area contributed by atoms with E-state index < -0.39 is 23.4 Å². The first-order valence-electron chi connectivity index (χ1n) is 25.9. The van der Waals surface area contributed by atoms with Crippen LogP contribution in [0.4, 0.5) is 15.9 Å². The van der Waals surface area contributed by atoms with E-state index in [2.05, 4.69) is 34.2 Å². The number of imide groups is 1. The number of anilines is 2. The number of carbonyl (C=O) groups is 3. The monoisotopic (exact) mass is 984 g/mol. The fourth-order valence-corrected chi connectivity index (χ4v) is 11.8. The molecule has 16 nitrogen and oxygen atoms in total.